The van der Waals surface area contributed by atoms with E-state index in [-0.39, 0.29) is 5.75 Å². The molecule has 0 unspecified atom stereocenters. The lowest BCUT2D eigenvalue weighted by atomic mass is 10.2. The highest BCUT2D eigenvalue weighted by molar-refractivity contribution is 5.41. The Morgan fingerprint density at radius 3 is 2.69 bits per heavy atom. The van der Waals surface area contributed by atoms with Gasteiger partial charge in [-0.2, -0.15) is 5.48 Å². The van der Waals surface area contributed by atoms with Crippen molar-refractivity contribution in [2.75, 3.05) is 27.4 Å². The molecule has 0 aromatic heterocycles. The molecule has 90 valence electrons. The minimum Gasteiger partial charge on any atom is -0.504 e. The maximum absolute atomic E-state index is 9.52. The molecule has 16 heavy (non-hydrogen) atoms. The molecule has 0 heterocycles. The number of nitrogens with one attached hydrogen (secondary N) is 1. The van der Waals surface area contributed by atoms with Crippen LogP contribution in [-0.2, 0) is 16.1 Å². The van der Waals surface area contributed by atoms with Gasteiger partial charge in [0.2, 0.25) is 0 Å². The van der Waals surface area contributed by atoms with Crippen LogP contribution in [0.1, 0.15) is 5.56 Å². The Bertz CT molecular complexity index is 317. The zero-order valence-electron chi connectivity index (χ0n) is 9.53. The van der Waals surface area contributed by atoms with Crippen LogP contribution in [0.3, 0.4) is 0 Å². The predicted octanol–water partition coefficient (Wildman–Crippen LogP) is 1.07. The fourth-order valence-electron chi connectivity index (χ4n) is 1.18. The second kappa shape index (κ2) is 7.05. The van der Waals surface area contributed by atoms with E-state index in [1.165, 1.54) is 7.11 Å². The van der Waals surface area contributed by atoms with Crippen molar-refractivity contribution in [3.63, 3.8) is 0 Å². The van der Waals surface area contributed by atoms with E-state index < -0.39 is 0 Å². The van der Waals surface area contributed by atoms with Crippen LogP contribution in [0.5, 0.6) is 11.5 Å². The van der Waals surface area contributed by atoms with Crippen LogP contribution >= 0.6 is 0 Å². The fraction of sp³-hybridized carbons (Fsp3) is 0.455. The minimum atomic E-state index is 0.124. The summed E-state index contributed by atoms with van der Waals surface area (Å²) < 4.78 is 9.76. The van der Waals surface area contributed by atoms with Crippen LogP contribution in [0.15, 0.2) is 18.2 Å². The Balaban J connectivity index is 2.34. The van der Waals surface area contributed by atoms with Crippen molar-refractivity contribution in [2.24, 2.45) is 0 Å². The molecule has 0 aliphatic heterocycles. The molecule has 0 aliphatic rings. The van der Waals surface area contributed by atoms with Crippen molar-refractivity contribution in [2.45, 2.75) is 6.54 Å². The number of phenolic OH excluding ortho intramolecular Hbond substituents is 1. The van der Waals surface area contributed by atoms with Crippen molar-refractivity contribution in [1.29, 1.82) is 0 Å². The number of benzene rings is 1. The fourth-order valence-corrected chi connectivity index (χ4v) is 1.18. The molecule has 5 heteroatoms. The lowest BCUT2D eigenvalue weighted by Crippen LogP contribution is -2.17. The maximum Gasteiger partial charge on any atom is 0.160 e. The van der Waals surface area contributed by atoms with Gasteiger partial charge in [-0.3, -0.25) is 4.84 Å². The summed E-state index contributed by atoms with van der Waals surface area (Å²) in [5.74, 6) is 0.586. The second-order valence-electron chi connectivity index (χ2n) is 3.17. The molecule has 1 aromatic rings. The standard InChI is InChI=1S/C11H17NO4/c1-14-5-6-16-12-8-9-3-4-11(15-2)10(13)7-9/h3-4,7,12-13H,5-6,8H2,1-2H3. The van der Waals surface area contributed by atoms with E-state index in [2.05, 4.69) is 5.48 Å². The van der Waals surface area contributed by atoms with Gasteiger partial charge in [-0.1, -0.05) is 6.07 Å². The molecule has 0 fully saturated rings. The van der Waals surface area contributed by atoms with Crippen LogP contribution in [0.25, 0.3) is 0 Å². The number of ether oxygens (including phenoxy) is 2. The Labute approximate surface area is 94.9 Å². The van der Waals surface area contributed by atoms with Gasteiger partial charge in [0.15, 0.2) is 11.5 Å². The molecule has 0 amide bonds. The highest BCUT2D eigenvalue weighted by atomic mass is 16.7. The van der Waals surface area contributed by atoms with E-state index in [9.17, 15) is 5.11 Å². The molecule has 0 atom stereocenters. The first-order valence-electron chi connectivity index (χ1n) is 4.97. The molecule has 0 spiro atoms. The lowest BCUT2D eigenvalue weighted by molar-refractivity contribution is 0.00344. The Morgan fingerprint density at radius 1 is 1.25 bits per heavy atom. The van der Waals surface area contributed by atoms with E-state index in [0.717, 1.165) is 5.56 Å². The van der Waals surface area contributed by atoms with Crippen molar-refractivity contribution in [1.82, 2.24) is 5.48 Å². The van der Waals surface area contributed by atoms with Gasteiger partial charge in [0.1, 0.15) is 0 Å². The molecule has 0 saturated carbocycles. The van der Waals surface area contributed by atoms with Gasteiger partial charge in [-0.25, -0.2) is 0 Å². The van der Waals surface area contributed by atoms with Gasteiger partial charge in [-0.15, -0.1) is 0 Å². The summed E-state index contributed by atoms with van der Waals surface area (Å²) in [7, 11) is 3.13. The molecule has 0 aliphatic carbocycles. The first-order chi connectivity index (χ1) is 7.77. The summed E-state index contributed by atoms with van der Waals surface area (Å²) in [5.41, 5.74) is 3.68. The smallest absolute Gasteiger partial charge is 0.160 e. The number of rotatable bonds is 7. The SMILES string of the molecule is COCCONCc1ccc(OC)c(O)c1. The summed E-state index contributed by atoms with van der Waals surface area (Å²) in [6.07, 6.45) is 0. The van der Waals surface area contributed by atoms with E-state index in [0.29, 0.717) is 25.5 Å². The molecule has 2 N–H and O–H groups in total. The highest BCUT2D eigenvalue weighted by Gasteiger charge is 2.01. The average Bonchev–Trinajstić information content (AvgIpc) is 2.29. The molecule has 0 bridgehead atoms. The third-order valence-corrected chi connectivity index (χ3v) is 2.01. The third kappa shape index (κ3) is 4.06. The van der Waals surface area contributed by atoms with Crippen molar-refractivity contribution in [3.05, 3.63) is 23.8 Å². The van der Waals surface area contributed by atoms with Gasteiger partial charge < -0.3 is 14.6 Å². The van der Waals surface area contributed by atoms with Crippen LogP contribution in [0.2, 0.25) is 0 Å². The first kappa shape index (κ1) is 12.8. The number of aromatic hydroxyl groups is 1. The summed E-state index contributed by atoms with van der Waals surface area (Å²) in [5, 5.41) is 9.52. The monoisotopic (exact) mass is 227 g/mol. The van der Waals surface area contributed by atoms with Crippen LogP contribution in [0.4, 0.5) is 0 Å². The van der Waals surface area contributed by atoms with Gasteiger partial charge in [0.05, 0.1) is 20.3 Å². The molecule has 1 rings (SSSR count). The number of hydrogen-bond donors (Lipinski definition) is 2. The normalized spacial score (nSPS) is 10.4. The van der Waals surface area contributed by atoms with Gasteiger partial charge >= 0.3 is 0 Å². The Morgan fingerprint density at radius 2 is 2.06 bits per heavy atom. The van der Waals surface area contributed by atoms with Gasteiger partial charge in [0, 0.05) is 13.7 Å². The largest absolute Gasteiger partial charge is 0.504 e. The van der Waals surface area contributed by atoms with Crippen molar-refractivity contribution in [3.8, 4) is 11.5 Å². The van der Waals surface area contributed by atoms with Gasteiger partial charge in [0.25, 0.3) is 0 Å². The number of hydroxylamine groups is 1. The summed E-state index contributed by atoms with van der Waals surface area (Å²) in [6.45, 7) is 1.54. The number of methoxy groups -OCH3 is 2. The summed E-state index contributed by atoms with van der Waals surface area (Å²) >= 11 is 0. The van der Waals surface area contributed by atoms with Crippen LogP contribution < -0.4 is 10.2 Å². The molecular formula is C11H17NO4. The third-order valence-electron chi connectivity index (χ3n) is 2.01. The second-order valence-corrected chi connectivity index (χ2v) is 3.17. The number of phenols is 1. The first-order valence-corrected chi connectivity index (χ1v) is 4.97. The molecule has 1 aromatic carbocycles. The van der Waals surface area contributed by atoms with E-state index in [1.54, 1.807) is 19.2 Å². The van der Waals surface area contributed by atoms with Crippen molar-refractivity contribution < 1.29 is 19.4 Å². The molecule has 5 nitrogen and oxygen atoms in total. The molecule has 0 saturated heterocycles. The van der Waals surface area contributed by atoms with E-state index >= 15 is 0 Å². The Hall–Kier alpha value is -1.30. The van der Waals surface area contributed by atoms with E-state index in [4.69, 9.17) is 14.3 Å². The topological polar surface area (TPSA) is 60.0 Å². The lowest BCUT2D eigenvalue weighted by Gasteiger charge is -2.07. The minimum absolute atomic E-state index is 0.124. The Kier molecular flexibility index (Phi) is 5.63. The van der Waals surface area contributed by atoms with Crippen LogP contribution in [-0.4, -0.2) is 32.5 Å². The maximum atomic E-state index is 9.52. The highest BCUT2D eigenvalue weighted by Crippen LogP contribution is 2.25. The summed E-state index contributed by atoms with van der Waals surface area (Å²) in [6, 6.07) is 5.19. The van der Waals surface area contributed by atoms with E-state index in [1.807, 2.05) is 6.07 Å². The molecule has 0 radical (unpaired) electrons. The quantitative estimate of drug-likeness (QED) is 0.539. The zero-order chi connectivity index (χ0) is 11.8. The van der Waals surface area contributed by atoms with Crippen molar-refractivity contribution >= 4 is 0 Å². The number of hydrogen-bond acceptors (Lipinski definition) is 5. The predicted molar refractivity (Wildman–Crippen MR) is 59.3 cm³/mol. The van der Waals surface area contributed by atoms with Crippen LogP contribution in [0, 0.1) is 0 Å². The average molecular weight is 227 g/mol. The zero-order valence-corrected chi connectivity index (χ0v) is 9.53. The van der Waals surface area contributed by atoms with Gasteiger partial charge in [-0.05, 0) is 17.7 Å². The summed E-state index contributed by atoms with van der Waals surface area (Å²) in [4.78, 5) is 5.09. The molecular weight excluding hydrogens is 210 g/mol.